The molecule has 1 aliphatic rings. The lowest BCUT2D eigenvalue weighted by Gasteiger charge is -2.33. The molecule has 162 valence electrons. The van der Waals surface area contributed by atoms with Crippen molar-refractivity contribution in [2.24, 2.45) is 0 Å². The Balaban J connectivity index is 1.68. The molecular formula is C22H25N5O3S. The number of aryl methyl sites for hydroxylation is 1. The molecule has 1 fully saturated rings. The lowest BCUT2D eigenvalue weighted by atomic mass is 10.0. The van der Waals surface area contributed by atoms with E-state index in [2.05, 4.69) is 9.97 Å². The van der Waals surface area contributed by atoms with Gasteiger partial charge in [-0.15, -0.1) is 11.3 Å². The molecule has 0 radical (unpaired) electrons. The minimum absolute atomic E-state index is 0.0128. The molecule has 0 saturated carbocycles. The summed E-state index contributed by atoms with van der Waals surface area (Å²) in [4.78, 5) is 30.9. The predicted molar refractivity (Wildman–Crippen MR) is 120 cm³/mol. The van der Waals surface area contributed by atoms with Crippen LogP contribution in [0.15, 0.2) is 36.0 Å². The lowest BCUT2D eigenvalue weighted by molar-refractivity contribution is -0.0243. The molecule has 4 rings (SSSR count). The average Bonchev–Trinajstić information content (AvgIpc) is 3.24. The van der Waals surface area contributed by atoms with Crippen LogP contribution in [0.4, 0.5) is 5.95 Å². The Morgan fingerprint density at radius 3 is 2.68 bits per heavy atom. The van der Waals surface area contributed by atoms with Crippen LogP contribution in [-0.2, 0) is 4.74 Å². The van der Waals surface area contributed by atoms with E-state index in [1.165, 1.54) is 11.3 Å². The first kappa shape index (κ1) is 21.2. The van der Waals surface area contributed by atoms with E-state index in [0.29, 0.717) is 30.5 Å². The van der Waals surface area contributed by atoms with E-state index in [1.807, 2.05) is 61.3 Å². The summed E-state index contributed by atoms with van der Waals surface area (Å²) in [7, 11) is 5.44. The van der Waals surface area contributed by atoms with E-state index < -0.39 is 0 Å². The number of methoxy groups -OCH3 is 1. The fourth-order valence-electron chi connectivity index (χ4n) is 3.49. The number of nitrogens with zero attached hydrogens (tertiary/aromatic N) is 5. The Hall–Kier alpha value is -3.04. The van der Waals surface area contributed by atoms with Gasteiger partial charge in [-0.1, -0.05) is 12.1 Å². The van der Waals surface area contributed by atoms with Crippen LogP contribution in [0.25, 0.3) is 11.1 Å². The first-order valence-electron chi connectivity index (χ1n) is 9.97. The van der Waals surface area contributed by atoms with Crippen molar-refractivity contribution < 1.29 is 14.3 Å². The summed E-state index contributed by atoms with van der Waals surface area (Å²) in [5.74, 6) is 1.36. The number of thiazole rings is 1. The van der Waals surface area contributed by atoms with Crippen LogP contribution in [-0.4, -0.2) is 66.7 Å². The van der Waals surface area contributed by atoms with E-state index in [0.717, 1.165) is 28.3 Å². The van der Waals surface area contributed by atoms with E-state index >= 15 is 0 Å². The first-order chi connectivity index (χ1) is 15.0. The van der Waals surface area contributed by atoms with Crippen molar-refractivity contribution in [1.82, 2.24) is 19.9 Å². The van der Waals surface area contributed by atoms with Gasteiger partial charge in [-0.25, -0.2) is 15.0 Å². The third kappa shape index (κ3) is 4.38. The quantitative estimate of drug-likeness (QED) is 0.604. The van der Waals surface area contributed by atoms with E-state index in [-0.39, 0.29) is 12.0 Å². The second-order valence-corrected chi connectivity index (χ2v) is 8.32. The highest BCUT2D eigenvalue weighted by Crippen LogP contribution is 2.33. The summed E-state index contributed by atoms with van der Waals surface area (Å²) >= 11 is 1.37. The van der Waals surface area contributed by atoms with Crippen molar-refractivity contribution in [3.05, 3.63) is 52.2 Å². The van der Waals surface area contributed by atoms with Gasteiger partial charge in [0.05, 0.1) is 37.2 Å². The highest BCUT2D eigenvalue weighted by atomic mass is 32.1. The monoisotopic (exact) mass is 439 g/mol. The third-order valence-corrected chi connectivity index (χ3v) is 6.12. The third-order valence-electron chi connectivity index (χ3n) is 5.20. The molecule has 1 aromatic carbocycles. The molecule has 0 spiro atoms. The summed E-state index contributed by atoms with van der Waals surface area (Å²) in [5, 5.41) is 0. The topological polar surface area (TPSA) is 80.7 Å². The second-order valence-electron chi connectivity index (χ2n) is 7.47. The van der Waals surface area contributed by atoms with E-state index in [4.69, 9.17) is 14.5 Å². The summed E-state index contributed by atoms with van der Waals surface area (Å²) in [6.45, 7) is 3.26. The van der Waals surface area contributed by atoms with E-state index in [9.17, 15) is 4.79 Å². The Kier molecular flexibility index (Phi) is 6.15. The summed E-state index contributed by atoms with van der Waals surface area (Å²) in [5.41, 5.74) is 5.07. The van der Waals surface area contributed by atoms with Crippen molar-refractivity contribution >= 4 is 23.2 Å². The molecule has 0 bridgehead atoms. The van der Waals surface area contributed by atoms with Gasteiger partial charge in [-0.2, -0.15) is 0 Å². The molecule has 31 heavy (non-hydrogen) atoms. The highest BCUT2D eigenvalue weighted by molar-refractivity contribution is 7.11. The number of aromatic nitrogens is 3. The minimum atomic E-state index is -0.357. The maximum atomic E-state index is 13.0. The molecule has 2 aromatic heterocycles. The molecule has 3 heterocycles. The Morgan fingerprint density at radius 2 is 2.03 bits per heavy atom. The zero-order chi connectivity index (χ0) is 22.0. The van der Waals surface area contributed by atoms with Gasteiger partial charge in [0.2, 0.25) is 5.95 Å². The van der Waals surface area contributed by atoms with Gasteiger partial charge in [0.15, 0.2) is 0 Å². The van der Waals surface area contributed by atoms with Crippen molar-refractivity contribution in [3.63, 3.8) is 0 Å². The van der Waals surface area contributed by atoms with Crippen LogP contribution in [0.1, 0.15) is 27.2 Å². The molecule has 0 unspecified atom stereocenters. The maximum absolute atomic E-state index is 13.0. The largest absolute Gasteiger partial charge is 0.497 e. The zero-order valence-electron chi connectivity index (χ0n) is 18.0. The van der Waals surface area contributed by atoms with Gasteiger partial charge >= 0.3 is 0 Å². The lowest BCUT2D eigenvalue weighted by Crippen LogP contribution is -2.42. The molecule has 8 nitrogen and oxygen atoms in total. The van der Waals surface area contributed by atoms with Crippen LogP contribution in [0.5, 0.6) is 5.75 Å². The molecule has 1 saturated heterocycles. The van der Waals surface area contributed by atoms with Crippen molar-refractivity contribution in [1.29, 1.82) is 0 Å². The molecular weight excluding hydrogens is 414 g/mol. The first-order valence-corrected chi connectivity index (χ1v) is 10.9. The number of morpholine rings is 1. The molecule has 1 atom stereocenters. The van der Waals surface area contributed by atoms with Crippen LogP contribution in [0, 0.1) is 6.92 Å². The summed E-state index contributed by atoms with van der Waals surface area (Å²) in [6, 6.07) is 7.76. The maximum Gasteiger partial charge on any atom is 0.266 e. The van der Waals surface area contributed by atoms with Crippen molar-refractivity contribution in [3.8, 4) is 16.9 Å². The molecule has 9 heteroatoms. The van der Waals surface area contributed by atoms with E-state index in [1.54, 1.807) is 12.6 Å². The second kappa shape index (κ2) is 8.99. The fourth-order valence-corrected chi connectivity index (χ4v) is 4.26. The predicted octanol–water partition coefficient (Wildman–Crippen LogP) is 3.20. The molecule has 3 aromatic rings. The molecule has 1 amide bonds. The number of hydrogen-bond acceptors (Lipinski definition) is 8. The Labute approximate surface area is 185 Å². The number of hydrogen-bond donors (Lipinski definition) is 0. The standard InChI is InChI=1S/C22H25N5O3S/c1-14-20(31-13-24-14)21(28)27-9-10-30-18(12-27)19-17(11-23-22(25-19)26(2)3)15-5-7-16(29-4)8-6-15/h5-8,11,13,18H,9-10,12H2,1-4H3/t18-/m0/s1. The fraction of sp³-hybridized carbons (Fsp3) is 0.364. The zero-order valence-corrected chi connectivity index (χ0v) is 18.8. The number of amides is 1. The number of rotatable bonds is 5. The van der Waals surface area contributed by atoms with Gasteiger partial charge in [0.25, 0.3) is 5.91 Å². The van der Waals surface area contributed by atoms with Gasteiger partial charge in [0, 0.05) is 32.4 Å². The molecule has 0 aliphatic carbocycles. The Bertz CT molecular complexity index is 1070. The number of anilines is 1. The van der Waals surface area contributed by atoms with Crippen molar-refractivity contribution in [2.75, 3.05) is 45.8 Å². The Morgan fingerprint density at radius 1 is 1.26 bits per heavy atom. The molecule has 0 N–H and O–H groups in total. The van der Waals surface area contributed by atoms with Gasteiger partial charge < -0.3 is 19.3 Å². The number of carbonyl (C=O) groups is 1. The van der Waals surface area contributed by atoms with Gasteiger partial charge in [0.1, 0.15) is 16.7 Å². The average molecular weight is 440 g/mol. The number of carbonyl (C=O) groups excluding carboxylic acids is 1. The van der Waals surface area contributed by atoms with Crippen LogP contribution < -0.4 is 9.64 Å². The van der Waals surface area contributed by atoms with Gasteiger partial charge in [-0.3, -0.25) is 4.79 Å². The summed E-state index contributed by atoms with van der Waals surface area (Å²) < 4.78 is 11.4. The minimum Gasteiger partial charge on any atom is -0.497 e. The SMILES string of the molecule is COc1ccc(-c2cnc(N(C)C)nc2[C@@H]2CN(C(=O)c3scnc3C)CCO2)cc1. The summed E-state index contributed by atoms with van der Waals surface area (Å²) in [6.07, 6.45) is 1.46. The van der Waals surface area contributed by atoms with Crippen LogP contribution in [0.2, 0.25) is 0 Å². The number of ether oxygens (including phenoxy) is 2. The molecule has 1 aliphatic heterocycles. The smallest absolute Gasteiger partial charge is 0.266 e. The van der Waals surface area contributed by atoms with Crippen LogP contribution in [0.3, 0.4) is 0 Å². The van der Waals surface area contributed by atoms with Crippen LogP contribution >= 0.6 is 11.3 Å². The highest BCUT2D eigenvalue weighted by Gasteiger charge is 2.30. The number of benzene rings is 1. The van der Waals surface area contributed by atoms with Crippen molar-refractivity contribution in [2.45, 2.75) is 13.0 Å². The van der Waals surface area contributed by atoms with Gasteiger partial charge in [-0.05, 0) is 24.6 Å². The normalized spacial score (nSPS) is 16.3.